The lowest BCUT2D eigenvalue weighted by Gasteiger charge is -2.43. The van der Waals surface area contributed by atoms with E-state index in [1.54, 1.807) is 7.11 Å². The fourth-order valence-electron chi connectivity index (χ4n) is 4.12. The number of carboxylic acids is 1. The van der Waals surface area contributed by atoms with E-state index in [0.717, 1.165) is 5.56 Å². The van der Waals surface area contributed by atoms with Crippen LogP contribution in [0.4, 0.5) is 0 Å². The van der Waals surface area contributed by atoms with Crippen LogP contribution in [0.3, 0.4) is 0 Å². The van der Waals surface area contributed by atoms with Crippen LogP contribution in [0.2, 0.25) is 0 Å². The van der Waals surface area contributed by atoms with Crippen molar-refractivity contribution in [3.8, 4) is 5.75 Å². The van der Waals surface area contributed by atoms with E-state index in [-0.39, 0.29) is 6.42 Å². The number of aliphatic carboxylic acids is 1. The molecule has 0 aromatic heterocycles. The second-order valence-electron chi connectivity index (χ2n) is 7.93. The van der Waals surface area contributed by atoms with Crippen molar-refractivity contribution in [2.45, 2.75) is 39.3 Å². The van der Waals surface area contributed by atoms with E-state index in [0.29, 0.717) is 31.8 Å². The van der Waals surface area contributed by atoms with Gasteiger partial charge in [-0.1, -0.05) is 35.9 Å². The zero-order valence-corrected chi connectivity index (χ0v) is 16.8. The molecule has 5 heteroatoms. The van der Waals surface area contributed by atoms with E-state index in [2.05, 4.69) is 36.9 Å². The third-order valence-corrected chi connectivity index (χ3v) is 5.84. The molecule has 150 valence electrons. The van der Waals surface area contributed by atoms with Gasteiger partial charge in [-0.25, -0.2) is 0 Å². The molecule has 5 nitrogen and oxygen atoms in total. The van der Waals surface area contributed by atoms with Crippen molar-refractivity contribution in [3.05, 3.63) is 64.7 Å². The van der Waals surface area contributed by atoms with Crippen molar-refractivity contribution < 1.29 is 19.7 Å². The quantitative estimate of drug-likeness (QED) is 0.802. The number of aliphatic hydroxyl groups excluding tert-OH is 1. The van der Waals surface area contributed by atoms with Gasteiger partial charge in [-0.2, -0.15) is 0 Å². The summed E-state index contributed by atoms with van der Waals surface area (Å²) in [6, 6.07) is 13.8. The maximum Gasteiger partial charge on any atom is 0.313 e. The molecule has 0 radical (unpaired) electrons. The summed E-state index contributed by atoms with van der Waals surface area (Å²) in [7, 11) is 1.59. The Balaban J connectivity index is 1.86. The molecular weight excluding hydrogens is 354 g/mol. The second-order valence-corrected chi connectivity index (χ2v) is 7.93. The van der Waals surface area contributed by atoms with Crippen LogP contribution in [-0.4, -0.2) is 47.4 Å². The lowest BCUT2D eigenvalue weighted by molar-refractivity contribution is -0.163. The zero-order chi connectivity index (χ0) is 20.3. The lowest BCUT2D eigenvalue weighted by Crippen LogP contribution is -2.56. The number of methoxy groups -OCH3 is 1. The summed E-state index contributed by atoms with van der Waals surface area (Å²) < 4.78 is 5.27. The van der Waals surface area contributed by atoms with E-state index in [1.165, 1.54) is 16.7 Å². The third kappa shape index (κ3) is 4.21. The molecule has 3 rings (SSSR count). The molecule has 2 N–H and O–H groups in total. The SMILES string of the molecule is COc1cccc(C[C@@]2(C(=O)O)CN(Cc3cc(C)ccc3C)CC[C@@H]2O)c1. The highest BCUT2D eigenvalue weighted by Gasteiger charge is 2.49. The van der Waals surface area contributed by atoms with Crippen LogP contribution in [0.5, 0.6) is 5.75 Å². The summed E-state index contributed by atoms with van der Waals surface area (Å²) in [4.78, 5) is 14.5. The number of nitrogens with zero attached hydrogens (tertiary/aromatic N) is 1. The Bertz CT molecular complexity index is 850. The first-order chi connectivity index (χ1) is 13.3. The zero-order valence-electron chi connectivity index (χ0n) is 16.8. The molecule has 1 aliphatic heterocycles. The van der Waals surface area contributed by atoms with Crippen molar-refractivity contribution in [2.24, 2.45) is 5.41 Å². The summed E-state index contributed by atoms with van der Waals surface area (Å²) >= 11 is 0. The molecule has 0 amide bonds. The minimum Gasteiger partial charge on any atom is -0.497 e. The molecule has 1 heterocycles. The summed E-state index contributed by atoms with van der Waals surface area (Å²) in [5.41, 5.74) is 3.22. The predicted molar refractivity (Wildman–Crippen MR) is 109 cm³/mol. The second kappa shape index (κ2) is 8.33. The van der Waals surface area contributed by atoms with Gasteiger partial charge in [0.2, 0.25) is 0 Å². The standard InChI is InChI=1S/C23H29NO4/c1-16-7-8-17(2)19(11-16)14-24-10-9-21(25)23(15-24,22(26)27)13-18-5-4-6-20(12-18)28-3/h4-8,11-12,21,25H,9-10,13-15H2,1-3H3,(H,26,27)/t21-,23+/m0/s1. The van der Waals surface area contributed by atoms with Crippen molar-refractivity contribution >= 4 is 5.97 Å². The number of hydrogen-bond acceptors (Lipinski definition) is 4. The van der Waals surface area contributed by atoms with E-state index in [1.807, 2.05) is 24.3 Å². The third-order valence-electron chi connectivity index (χ3n) is 5.84. The minimum absolute atomic E-state index is 0.268. The molecule has 1 saturated heterocycles. The Morgan fingerprint density at radius 1 is 1.25 bits per heavy atom. The number of piperidine rings is 1. The van der Waals surface area contributed by atoms with Gasteiger partial charge in [0.1, 0.15) is 11.2 Å². The smallest absolute Gasteiger partial charge is 0.313 e. The first-order valence-electron chi connectivity index (χ1n) is 9.67. The summed E-state index contributed by atoms with van der Waals surface area (Å²) in [6.07, 6.45) is -0.170. The Kier molecular flexibility index (Phi) is 6.06. The van der Waals surface area contributed by atoms with Gasteiger partial charge in [-0.3, -0.25) is 9.69 Å². The average Bonchev–Trinajstić information content (AvgIpc) is 2.67. The molecule has 2 atom stereocenters. The number of rotatable bonds is 6. The number of ether oxygens (including phenoxy) is 1. The molecule has 0 aliphatic carbocycles. The molecule has 0 bridgehead atoms. The maximum absolute atomic E-state index is 12.3. The highest BCUT2D eigenvalue weighted by Crippen LogP contribution is 2.36. The molecule has 28 heavy (non-hydrogen) atoms. The molecule has 1 fully saturated rings. The fourth-order valence-corrected chi connectivity index (χ4v) is 4.12. The lowest BCUT2D eigenvalue weighted by atomic mass is 9.72. The largest absolute Gasteiger partial charge is 0.497 e. The van der Waals surface area contributed by atoms with Gasteiger partial charge in [0.15, 0.2) is 0 Å². The highest BCUT2D eigenvalue weighted by molar-refractivity contribution is 5.76. The molecule has 1 aliphatic rings. The first kappa shape index (κ1) is 20.4. The first-order valence-corrected chi connectivity index (χ1v) is 9.67. The Morgan fingerprint density at radius 3 is 2.75 bits per heavy atom. The Morgan fingerprint density at radius 2 is 2.04 bits per heavy atom. The van der Waals surface area contributed by atoms with Crippen LogP contribution in [0, 0.1) is 19.3 Å². The van der Waals surface area contributed by atoms with E-state index in [9.17, 15) is 15.0 Å². The Hall–Kier alpha value is -2.37. The minimum atomic E-state index is -1.23. The summed E-state index contributed by atoms with van der Waals surface area (Å²) in [5, 5.41) is 20.8. The van der Waals surface area contributed by atoms with Crippen LogP contribution in [0.25, 0.3) is 0 Å². The van der Waals surface area contributed by atoms with Gasteiger partial charge in [-0.15, -0.1) is 0 Å². The van der Waals surface area contributed by atoms with Gasteiger partial charge in [0.05, 0.1) is 13.2 Å². The van der Waals surface area contributed by atoms with Gasteiger partial charge in [0, 0.05) is 19.6 Å². The average molecular weight is 383 g/mol. The monoisotopic (exact) mass is 383 g/mol. The molecular formula is C23H29NO4. The van der Waals surface area contributed by atoms with E-state index >= 15 is 0 Å². The van der Waals surface area contributed by atoms with Gasteiger partial charge in [-0.05, 0) is 55.5 Å². The summed E-state index contributed by atoms with van der Waals surface area (Å²) in [5.74, 6) is -0.260. The molecule has 0 unspecified atom stereocenters. The van der Waals surface area contributed by atoms with E-state index in [4.69, 9.17) is 4.74 Å². The number of aryl methyl sites for hydroxylation is 2. The van der Waals surface area contributed by atoms with Crippen molar-refractivity contribution in [1.29, 1.82) is 0 Å². The molecule has 2 aromatic carbocycles. The molecule has 2 aromatic rings. The van der Waals surface area contributed by atoms with Gasteiger partial charge < -0.3 is 14.9 Å². The number of carboxylic acid groups (broad SMARTS) is 1. The number of carbonyl (C=O) groups is 1. The number of benzene rings is 2. The number of likely N-dealkylation sites (tertiary alicyclic amines) is 1. The van der Waals surface area contributed by atoms with Crippen LogP contribution >= 0.6 is 0 Å². The van der Waals surface area contributed by atoms with Crippen molar-refractivity contribution in [2.75, 3.05) is 20.2 Å². The van der Waals surface area contributed by atoms with Crippen LogP contribution in [0.15, 0.2) is 42.5 Å². The normalized spacial score (nSPS) is 22.8. The highest BCUT2D eigenvalue weighted by atomic mass is 16.5. The van der Waals surface area contributed by atoms with Crippen molar-refractivity contribution in [1.82, 2.24) is 4.90 Å². The van der Waals surface area contributed by atoms with E-state index < -0.39 is 17.5 Å². The maximum atomic E-state index is 12.3. The van der Waals surface area contributed by atoms with Gasteiger partial charge in [0.25, 0.3) is 0 Å². The topological polar surface area (TPSA) is 70.0 Å². The predicted octanol–water partition coefficient (Wildman–Crippen LogP) is 3.19. The summed E-state index contributed by atoms with van der Waals surface area (Å²) in [6.45, 7) is 5.82. The molecule has 0 saturated carbocycles. The Labute approximate surface area is 166 Å². The van der Waals surface area contributed by atoms with Crippen molar-refractivity contribution in [3.63, 3.8) is 0 Å². The van der Waals surface area contributed by atoms with Crippen LogP contribution in [-0.2, 0) is 17.8 Å². The fraction of sp³-hybridized carbons (Fsp3) is 0.435. The van der Waals surface area contributed by atoms with Crippen LogP contribution < -0.4 is 4.74 Å². The van der Waals surface area contributed by atoms with Gasteiger partial charge >= 0.3 is 5.97 Å². The number of aliphatic hydroxyl groups is 1. The molecule has 0 spiro atoms. The number of hydrogen-bond donors (Lipinski definition) is 2. The van der Waals surface area contributed by atoms with Crippen LogP contribution in [0.1, 0.15) is 28.7 Å².